The van der Waals surface area contributed by atoms with Gasteiger partial charge in [0.15, 0.2) is 0 Å². The summed E-state index contributed by atoms with van der Waals surface area (Å²) in [6.45, 7) is 4.23. The Morgan fingerprint density at radius 3 is 2.43 bits per heavy atom. The topological polar surface area (TPSA) is 98.2 Å². The van der Waals surface area contributed by atoms with Crippen molar-refractivity contribution in [3.8, 4) is 0 Å². The maximum atomic E-state index is 11.3. The number of benzene rings is 1. The van der Waals surface area contributed by atoms with Crippen LogP contribution in [0.1, 0.15) is 24.8 Å². The second kappa shape index (κ2) is 6.05. The van der Waals surface area contributed by atoms with E-state index in [0.29, 0.717) is 17.3 Å². The summed E-state index contributed by atoms with van der Waals surface area (Å²) in [5.74, 6) is 0.362. The van der Waals surface area contributed by atoms with E-state index in [4.69, 9.17) is 10.9 Å². The third-order valence-electron chi connectivity index (χ3n) is 3.18. The van der Waals surface area contributed by atoms with Gasteiger partial charge in [0.2, 0.25) is 10.0 Å². The summed E-state index contributed by atoms with van der Waals surface area (Å²) in [7, 11) is -3.74. The van der Waals surface area contributed by atoms with Crippen LogP contribution in [0.25, 0.3) is 0 Å². The van der Waals surface area contributed by atoms with Crippen LogP contribution in [-0.4, -0.2) is 8.42 Å². The number of thiophene rings is 1. The Morgan fingerprint density at radius 1 is 1.24 bits per heavy atom. The van der Waals surface area contributed by atoms with Crippen molar-refractivity contribution in [2.24, 2.45) is 11.1 Å². The van der Waals surface area contributed by atoms with Gasteiger partial charge in [-0.25, -0.2) is 13.6 Å². The molecular weight excluding hydrogens is 306 g/mol. The van der Waals surface area contributed by atoms with Gasteiger partial charge in [-0.3, -0.25) is 0 Å². The Kier molecular flexibility index (Phi) is 4.55. The van der Waals surface area contributed by atoms with Gasteiger partial charge in [0.25, 0.3) is 0 Å². The van der Waals surface area contributed by atoms with Crippen molar-refractivity contribution < 1.29 is 8.42 Å². The number of nitrogens with two attached hydrogens (primary N) is 2. The predicted molar refractivity (Wildman–Crippen MR) is 87.7 cm³/mol. The molecule has 0 saturated heterocycles. The molecule has 0 saturated carbocycles. The number of primary sulfonamides is 1. The Morgan fingerprint density at radius 2 is 1.95 bits per heavy atom. The standard InChI is InChI=1S/C14H19N3O2S2/c1-9(2)14(13-4-3-7-20-13)17-12-6-5-10(8-11(12)15)21(16,18)19/h3-9,14,17H,15H2,1-2H3,(H2,16,18,19). The van der Waals surface area contributed by atoms with Gasteiger partial charge in [-0.2, -0.15) is 0 Å². The van der Waals surface area contributed by atoms with Crippen LogP contribution in [0, 0.1) is 5.92 Å². The molecule has 0 radical (unpaired) electrons. The fraction of sp³-hybridized carbons (Fsp3) is 0.286. The van der Waals surface area contributed by atoms with Crippen molar-refractivity contribution in [3.63, 3.8) is 0 Å². The molecule has 2 rings (SSSR count). The second-order valence-electron chi connectivity index (χ2n) is 5.18. The Bertz CT molecular complexity index is 710. The van der Waals surface area contributed by atoms with Crippen molar-refractivity contribution in [1.29, 1.82) is 0 Å². The Hall–Kier alpha value is -1.57. The summed E-state index contributed by atoms with van der Waals surface area (Å²) in [5, 5.41) is 10.5. The van der Waals surface area contributed by atoms with Crippen molar-refractivity contribution >= 4 is 32.7 Å². The van der Waals surface area contributed by atoms with Gasteiger partial charge in [0, 0.05) is 4.88 Å². The molecule has 5 N–H and O–H groups in total. The van der Waals surface area contributed by atoms with E-state index in [2.05, 4.69) is 25.2 Å². The second-order valence-corrected chi connectivity index (χ2v) is 7.72. The van der Waals surface area contributed by atoms with Crippen molar-refractivity contribution in [2.75, 3.05) is 11.1 Å². The van der Waals surface area contributed by atoms with E-state index in [1.165, 1.54) is 17.0 Å². The van der Waals surface area contributed by atoms with Crippen molar-refractivity contribution in [3.05, 3.63) is 40.6 Å². The summed E-state index contributed by atoms with van der Waals surface area (Å²) in [6.07, 6.45) is 0. The quantitative estimate of drug-likeness (QED) is 0.736. The summed E-state index contributed by atoms with van der Waals surface area (Å²) in [4.78, 5) is 1.22. The average Bonchev–Trinajstić information content (AvgIpc) is 2.89. The third-order valence-corrected chi connectivity index (χ3v) is 5.05. The van der Waals surface area contributed by atoms with Crippen LogP contribution < -0.4 is 16.2 Å². The van der Waals surface area contributed by atoms with Crippen LogP contribution in [-0.2, 0) is 10.0 Å². The Balaban J connectivity index is 2.30. The molecule has 0 aliphatic carbocycles. The number of sulfonamides is 1. The van der Waals surface area contributed by atoms with E-state index in [0.717, 1.165) is 0 Å². The molecule has 0 aliphatic heterocycles. The monoisotopic (exact) mass is 325 g/mol. The van der Waals surface area contributed by atoms with Crippen LogP contribution in [0.4, 0.5) is 11.4 Å². The molecule has 1 aromatic carbocycles. The predicted octanol–water partition coefficient (Wildman–Crippen LogP) is 2.79. The lowest BCUT2D eigenvalue weighted by Crippen LogP contribution is -2.17. The normalized spacial score (nSPS) is 13.3. The number of nitrogen functional groups attached to an aromatic ring is 1. The zero-order valence-corrected chi connectivity index (χ0v) is 13.5. The highest BCUT2D eigenvalue weighted by Crippen LogP contribution is 2.32. The van der Waals surface area contributed by atoms with Crippen LogP contribution in [0.15, 0.2) is 40.6 Å². The molecule has 7 heteroatoms. The lowest BCUT2D eigenvalue weighted by molar-refractivity contribution is 0.554. The SMILES string of the molecule is CC(C)C(Nc1ccc(S(N)(=O)=O)cc1N)c1cccs1. The van der Waals surface area contributed by atoms with Gasteiger partial charge in [0.05, 0.1) is 22.3 Å². The van der Waals surface area contributed by atoms with E-state index < -0.39 is 10.0 Å². The zero-order valence-electron chi connectivity index (χ0n) is 11.9. The maximum Gasteiger partial charge on any atom is 0.238 e. The summed E-state index contributed by atoms with van der Waals surface area (Å²) in [5.41, 5.74) is 7.01. The molecule has 114 valence electrons. The largest absolute Gasteiger partial charge is 0.397 e. The van der Waals surface area contributed by atoms with Gasteiger partial charge in [-0.15, -0.1) is 11.3 Å². The molecule has 5 nitrogen and oxygen atoms in total. The first kappa shape index (κ1) is 15.8. The minimum atomic E-state index is -3.74. The Labute approximate surface area is 129 Å². The number of anilines is 2. The number of hydrogen-bond acceptors (Lipinski definition) is 5. The molecule has 0 bridgehead atoms. The molecule has 1 atom stereocenters. The maximum absolute atomic E-state index is 11.3. The van der Waals surface area contributed by atoms with Crippen molar-refractivity contribution in [1.82, 2.24) is 0 Å². The van der Waals surface area contributed by atoms with Gasteiger partial charge in [-0.05, 0) is 35.6 Å². The van der Waals surface area contributed by atoms with E-state index >= 15 is 0 Å². The molecule has 0 spiro atoms. The minimum absolute atomic E-state index is 0.0165. The van der Waals surface area contributed by atoms with Crippen LogP contribution >= 0.6 is 11.3 Å². The number of rotatable bonds is 5. The highest BCUT2D eigenvalue weighted by Gasteiger charge is 2.18. The lowest BCUT2D eigenvalue weighted by Gasteiger charge is -2.23. The van der Waals surface area contributed by atoms with E-state index in [1.54, 1.807) is 17.4 Å². The zero-order chi connectivity index (χ0) is 15.6. The smallest absolute Gasteiger partial charge is 0.238 e. The molecule has 1 heterocycles. The van der Waals surface area contributed by atoms with Crippen LogP contribution in [0.5, 0.6) is 0 Å². The molecule has 1 aromatic heterocycles. The summed E-state index contributed by atoms with van der Waals surface area (Å²) in [6, 6.07) is 8.68. The van der Waals surface area contributed by atoms with E-state index in [1.807, 2.05) is 11.4 Å². The molecule has 0 amide bonds. The summed E-state index contributed by atoms with van der Waals surface area (Å²) >= 11 is 1.67. The first-order chi connectivity index (χ1) is 9.79. The van der Waals surface area contributed by atoms with Crippen LogP contribution in [0.2, 0.25) is 0 Å². The van der Waals surface area contributed by atoms with Gasteiger partial charge < -0.3 is 11.1 Å². The highest BCUT2D eigenvalue weighted by atomic mass is 32.2. The molecule has 1 unspecified atom stereocenters. The third kappa shape index (κ3) is 3.75. The van der Waals surface area contributed by atoms with Crippen molar-refractivity contribution in [2.45, 2.75) is 24.8 Å². The van der Waals surface area contributed by atoms with E-state index in [9.17, 15) is 8.42 Å². The molecule has 0 fully saturated rings. The van der Waals surface area contributed by atoms with Gasteiger partial charge in [-0.1, -0.05) is 19.9 Å². The fourth-order valence-corrected chi connectivity index (χ4v) is 3.55. The van der Waals surface area contributed by atoms with Crippen LogP contribution in [0.3, 0.4) is 0 Å². The van der Waals surface area contributed by atoms with Gasteiger partial charge in [0.1, 0.15) is 0 Å². The lowest BCUT2D eigenvalue weighted by atomic mass is 10.0. The number of nitrogens with one attached hydrogen (secondary N) is 1. The molecular formula is C14H19N3O2S2. The van der Waals surface area contributed by atoms with Gasteiger partial charge >= 0.3 is 0 Å². The first-order valence-corrected chi connectivity index (χ1v) is 8.94. The number of hydrogen-bond donors (Lipinski definition) is 3. The molecule has 21 heavy (non-hydrogen) atoms. The van der Waals surface area contributed by atoms with E-state index in [-0.39, 0.29) is 10.9 Å². The average molecular weight is 325 g/mol. The minimum Gasteiger partial charge on any atom is -0.397 e. The fourth-order valence-electron chi connectivity index (χ4n) is 2.05. The first-order valence-electron chi connectivity index (χ1n) is 6.51. The molecule has 2 aromatic rings. The summed E-state index contributed by atoms with van der Waals surface area (Å²) < 4.78 is 22.6. The molecule has 0 aliphatic rings. The highest BCUT2D eigenvalue weighted by molar-refractivity contribution is 7.89.